The summed E-state index contributed by atoms with van der Waals surface area (Å²) in [5, 5.41) is 0. The predicted molar refractivity (Wildman–Crippen MR) is 90.1 cm³/mol. The molecule has 0 N–H and O–H groups in total. The summed E-state index contributed by atoms with van der Waals surface area (Å²) >= 11 is 0. The number of piperidine rings is 1. The summed E-state index contributed by atoms with van der Waals surface area (Å²) in [6, 6.07) is 12.3. The summed E-state index contributed by atoms with van der Waals surface area (Å²) in [4.78, 5) is 18.5. The van der Waals surface area contributed by atoms with Gasteiger partial charge in [0.15, 0.2) is 0 Å². The third-order valence-corrected chi connectivity index (χ3v) is 4.38. The molecule has 0 aliphatic carbocycles. The van der Waals surface area contributed by atoms with Crippen molar-refractivity contribution >= 4 is 5.91 Å². The first-order valence-electron chi connectivity index (χ1n) is 8.17. The highest BCUT2D eigenvalue weighted by Gasteiger charge is 2.25. The van der Waals surface area contributed by atoms with Gasteiger partial charge in [0.1, 0.15) is 12.4 Å². The van der Waals surface area contributed by atoms with Crippen LogP contribution in [-0.4, -0.2) is 42.6 Å². The Balaban J connectivity index is 1.81. The predicted octanol–water partition coefficient (Wildman–Crippen LogP) is 3.24. The Labute approximate surface area is 141 Å². The average molecular weight is 328 g/mol. The fraction of sp³-hybridized carbons (Fsp3) is 0.368. The van der Waals surface area contributed by atoms with Crippen molar-refractivity contribution < 1.29 is 13.9 Å². The van der Waals surface area contributed by atoms with Gasteiger partial charge < -0.3 is 9.64 Å². The lowest BCUT2D eigenvalue weighted by atomic mass is 9.93. The number of hydrogen-bond donors (Lipinski definition) is 0. The van der Waals surface area contributed by atoms with E-state index >= 15 is 0 Å². The number of carbonyl (C=O) groups is 1. The van der Waals surface area contributed by atoms with Gasteiger partial charge in [0, 0.05) is 37.4 Å². The van der Waals surface area contributed by atoms with Gasteiger partial charge in [-0.05, 0) is 37.1 Å². The highest BCUT2D eigenvalue weighted by atomic mass is 19.1. The standard InChI is InChI=1S/C19H21FN2O2/c1-24-13-19(23)22-11-5-6-14(12-22)17-9-4-10-18(21-17)15-7-2-3-8-16(15)20/h2-4,7-10,14H,5-6,11-13H2,1H3/t14-/m0/s1. The monoisotopic (exact) mass is 328 g/mol. The first kappa shape index (κ1) is 16.6. The summed E-state index contributed by atoms with van der Waals surface area (Å²) in [5.41, 5.74) is 2.04. The number of halogens is 1. The van der Waals surface area contributed by atoms with E-state index in [-0.39, 0.29) is 24.2 Å². The smallest absolute Gasteiger partial charge is 0.248 e. The van der Waals surface area contributed by atoms with E-state index in [2.05, 4.69) is 4.98 Å². The molecule has 1 saturated heterocycles. The molecule has 1 fully saturated rings. The molecule has 0 bridgehead atoms. The number of ether oxygens (including phenoxy) is 1. The third kappa shape index (κ3) is 3.62. The van der Waals surface area contributed by atoms with Crippen molar-refractivity contribution in [3.63, 3.8) is 0 Å². The summed E-state index contributed by atoms with van der Waals surface area (Å²) in [6.45, 7) is 1.50. The number of nitrogens with zero attached hydrogens (tertiary/aromatic N) is 2. The van der Waals surface area contributed by atoms with Gasteiger partial charge in [0.2, 0.25) is 5.91 Å². The van der Waals surface area contributed by atoms with Crippen LogP contribution in [-0.2, 0) is 9.53 Å². The Morgan fingerprint density at radius 3 is 2.92 bits per heavy atom. The van der Waals surface area contributed by atoms with Crippen LogP contribution in [0.3, 0.4) is 0 Å². The van der Waals surface area contributed by atoms with Crippen LogP contribution in [0.2, 0.25) is 0 Å². The van der Waals surface area contributed by atoms with Crippen LogP contribution >= 0.6 is 0 Å². The number of carbonyl (C=O) groups excluding carboxylic acids is 1. The van der Waals surface area contributed by atoms with Crippen molar-refractivity contribution in [3.05, 3.63) is 54.0 Å². The molecular formula is C19H21FN2O2. The van der Waals surface area contributed by atoms with Crippen LogP contribution < -0.4 is 0 Å². The van der Waals surface area contributed by atoms with Crippen molar-refractivity contribution in [2.24, 2.45) is 0 Å². The van der Waals surface area contributed by atoms with E-state index in [1.165, 1.54) is 13.2 Å². The normalized spacial score (nSPS) is 17.8. The maximum absolute atomic E-state index is 14.0. The molecule has 24 heavy (non-hydrogen) atoms. The number of methoxy groups -OCH3 is 1. The minimum atomic E-state index is -0.275. The molecule has 1 aromatic carbocycles. The number of pyridine rings is 1. The van der Waals surface area contributed by atoms with Crippen LogP contribution in [0.4, 0.5) is 4.39 Å². The van der Waals surface area contributed by atoms with Gasteiger partial charge in [-0.3, -0.25) is 9.78 Å². The van der Waals surface area contributed by atoms with E-state index in [0.29, 0.717) is 17.8 Å². The summed E-state index contributed by atoms with van der Waals surface area (Å²) in [6.07, 6.45) is 1.91. The SMILES string of the molecule is COCC(=O)N1CCC[C@H](c2cccc(-c3ccccc3F)n2)C1. The summed E-state index contributed by atoms with van der Waals surface area (Å²) < 4.78 is 18.9. The zero-order valence-electron chi connectivity index (χ0n) is 13.7. The molecule has 126 valence electrons. The Morgan fingerprint density at radius 1 is 1.29 bits per heavy atom. The Bertz CT molecular complexity index is 720. The molecule has 5 heteroatoms. The van der Waals surface area contributed by atoms with Crippen molar-refractivity contribution in [2.75, 3.05) is 26.8 Å². The fourth-order valence-corrected chi connectivity index (χ4v) is 3.16. The maximum Gasteiger partial charge on any atom is 0.248 e. The summed E-state index contributed by atoms with van der Waals surface area (Å²) in [5.74, 6) is -0.0959. The van der Waals surface area contributed by atoms with Crippen molar-refractivity contribution in [3.8, 4) is 11.3 Å². The van der Waals surface area contributed by atoms with Crippen LogP contribution in [0, 0.1) is 5.82 Å². The minimum Gasteiger partial charge on any atom is -0.375 e. The average Bonchev–Trinajstić information content (AvgIpc) is 2.62. The largest absolute Gasteiger partial charge is 0.375 e. The van der Waals surface area contributed by atoms with E-state index in [1.54, 1.807) is 18.2 Å². The van der Waals surface area contributed by atoms with E-state index in [4.69, 9.17) is 4.74 Å². The number of likely N-dealkylation sites (tertiary alicyclic amines) is 1. The lowest BCUT2D eigenvalue weighted by molar-refractivity contribution is -0.136. The molecule has 0 saturated carbocycles. The van der Waals surface area contributed by atoms with Gasteiger partial charge >= 0.3 is 0 Å². The first-order chi connectivity index (χ1) is 11.7. The molecule has 0 spiro atoms. The van der Waals surface area contributed by atoms with Crippen LogP contribution in [0.15, 0.2) is 42.5 Å². The van der Waals surface area contributed by atoms with Crippen molar-refractivity contribution in [1.29, 1.82) is 0 Å². The van der Waals surface area contributed by atoms with Crippen molar-refractivity contribution in [2.45, 2.75) is 18.8 Å². The lowest BCUT2D eigenvalue weighted by Gasteiger charge is -2.32. The quantitative estimate of drug-likeness (QED) is 0.865. The topological polar surface area (TPSA) is 42.4 Å². The van der Waals surface area contributed by atoms with Crippen LogP contribution in [0.25, 0.3) is 11.3 Å². The maximum atomic E-state index is 14.0. The molecule has 3 rings (SSSR count). The molecule has 4 nitrogen and oxygen atoms in total. The fourth-order valence-electron chi connectivity index (χ4n) is 3.16. The van der Waals surface area contributed by atoms with Gasteiger partial charge in [-0.1, -0.05) is 18.2 Å². The summed E-state index contributed by atoms with van der Waals surface area (Å²) in [7, 11) is 1.53. The number of amides is 1. The number of rotatable bonds is 4. The van der Waals surface area contributed by atoms with Crippen LogP contribution in [0.1, 0.15) is 24.5 Å². The molecule has 1 atom stereocenters. The minimum absolute atomic E-state index is 0.00691. The van der Waals surface area contributed by atoms with Gasteiger partial charge in [0.25, 0.3) is 0 Å². The second-order valence-electron chi connectivity index (χ2n) is 6.04. The molecule has 1 amide bonds. The molecular weight excluding hydrogens is 307 g/mol. The van der Waals surface area contributed by atoms with E-state index < -0.39 is 0 Å². The first-order valence-corrected chi connectivity index (χ1v) is 8.17. The molecule has 0 radical (unpaired) electrons. The molecule has 1 aromatic heterocycles. The zero-order valence-corrected chi connectivity index (χ0v) is 13.7. The highest BCUT2D eigenvalue weighted by molar-refractivity contribution is 5.77. The van der Waals surface area contributed by atoms with E-state index in [0.717, 1.165) is 25.1 Å². The third-order valence-electron chi connectivity index (χ3n) is 4.38. The second-order valence-corrected chi connectivity index (χ2v) is 6.04. The number of aromatic nitrogens is 1. The van der Waals surface area contributed by atoms with Crippen LogP contribution in [0.5, 0.6) is 0 Å². The van der Waals surface area contributed by atoms with Crippen molar-refractivity contribution in [1.82, 2.24) is 9.88 Å². The van der Waals surface area contributed by atoms with Gasteiger partial charge in [-0.2, -0.15) is 0 Å². The number of benzene rings is 1. The van der Waals surface area contributed by atoms with E-state index in [1.807, 2.05) is 23.1 Å². The molecule has 1 aliphatic heterocycles. The highest BCUT2D eigenvalue weighted by Crippen LogP contribution is 2.28. The second kappa shape index (κ2) is 7.53. The Morgan fingerprint density at radius 2 is 2.12 bits per heavy atom. The lowest BCUT2D eigenvalue weighted by Crippen LogP contribution is -2.41. The van der Waals surface area contributed by atoms with Gasteiger partial charge in [-0.15, -0.1) is 0 Å². The molecule has 2 aromatic rings. The number of hydrogen-bond acceptors (Lipinski definition) is 3. The zero-order chi connectivity index (χ0) is 16.9. The molecule has 1 aliphatic rings. The van der Waals surface area contributed by atoms with Gasteiger partial charge in [0.05, 0.1) is 5.69 Å². The van der Waals surface area contributed by atoms with E-state index in [9.17, 15) is 9.18 Å². The Hall–Kier alpha value is -2.27. The van der Waals surface area contributed by atoms with Gasteiger partial charge in [-0.25, -0.2) is 4.39 Å². The molecule has 0 unspecified atom stereocenters. The molecule has 2 heterocycles. The Kier molecular flexibility index (Phi) is 5.20.